The van der Waals surface area contributed by atoms with Crippen LogP contribution in [0.15, 0.2) is 53.4 Å². The first kappa shape index (κ1) is 16.6. The number of thioether (sulfide) groups is 1. The maximum Gasteiger partial charge on any atom is 0.290 e. The molecule has 0 spiro atoms. The Bertz CT molecular complexity index is 785. The second kappa shape index (κ2) is 7.55. The van der Waals surface area contributed by atoms with Gasteiger partial charge in [0.1, 0.15) is 5.75 Å². The van der Waals surface area contributed by atoms with Crippen LogP contribution in [0, 0.1) is 0 Å². The Morgan fingerprint density at radius 1 is 1.04 bits per heavy atom. The van der Waals surface area contributed by atoms with Crippen molar-refractivity contribution in [3.8, 4) is 5.75 Å². The molecule has 2 amide bonds. The van der Waals surface area contributed by atoms with Crippen LogP contribution in [-0.2, 0) is 11.2 Å². The predicted octanol–water partition coefficient (Wildman–Crippen LogP) is 4.29. The standard InChI is InChI=1S/C18H14ClNO3S/c19-14-5-1-12(2-6-14)9-10-23-15-7-3-13(4-8-15)11-16-17(21)20-18(22)24-16/h1-8,11H,9-10H2,(H,20,21,22). The lowest BCUT2D eigenvalue weighted by molar-refractivity contribution is -0.115. The topological polar surface area (TPSA) is 55.4 Å². The molecule has 2 aromatic carbocycles. The van der Waals surface area contributed by atoms with Crippen molar-refractivity contribution in [3.63, 3.8) is 0 Å². The van der Waals surface area contributed by atoms with Crippen LogP contribution in [0.4, 0.5) is 4.79 Å². The van der Waals surface area contributed by atoms with E-state index in [1.165, 1.54) is 0 Å². The number of amides is 2. The molecule has 1 fully saturated rings. The molecule has 0 saturated carbocycles. The summed E-state index contributed by atoms with van der Waals surface area (Å²) < 4.78 is 5.71. The molecular formula is C18H14ClNO3S. The van der Waals surface area contributed by atoms with Crippen LogP contribution in [0.1, 0.15) is 11.1 Å². The lowest BCUT2D eigenvalue weighted by atomic mass is 10.1. The summed E-state index contributed by atoms with van der Waals surface area (Å²) in [6.45, 7) is 0.564. The maximum absolute atomic E-state index is 11.5. The minimum atomic E-state index is -0.353. The third kappa shape index (κ3) is 4.40. The zero-order valence-electron chi connectivity index (χ0n) is 12.6. The maximum atomic E-state index is 11.5. The molecule has 4 nitrogen and oxygen atoms in total. The summed E-state index contributed by atoms with van der Waals surface area (Å²) in [5, 5.41) is 2.61. The molecule has 0 bridgehead atoms. The van der Waals surface area contributed by atoms with E-state index in [2.05, 4.69) is 5.32 Å². The summed E-state index contributed by atoms with van der Waals surface area (Å²) >= 11 is 6.76. The fourth-order valence-electron chi connectivity index (χ4n) is 2.17. The minimum Gasteiger partial charge on any atom is -0.493 e. The van der Waals surface area contributed by atoms with Crippen LogP contribution < -0.4 is 10.1 Å². The molecule has 24 heavy (non-hydrogen) atoms. The number of nitrogens with one attached hydrogen (secondary N) is 1. The van der Waals surface area contributed by atoms with Gasteiger partial charge in [-0.2, -0.15) is 0 Å². The molecule has 1 saturated heterocycles. The zero-order chi connectivity index (χ0) is 16.9. The van der Waals surface area contributed by atoms with E-state index >= 15 is 0 Å². The van der Waals surface area contributed by atoms with Gasteiger partial charge in [-0.1, -0.05) is 35.9 Å². The Balaban J connectivity index is 1.55. The quantitative estimate of drug-likeness (QED) is 0.809. The molecule has 2 aromatic rings. The van der Waals surface area contributed by atoms with Crippen molar-refractivity contribution in [2.75, 3.05) is 6.61 Å². The number of hydrogen-bond donors (Lipinski definition) is 1. The van der Waals surface area contributed by atoms with Gasteiger partial charge >= 0.3 is 0 Å². The Hall–Kier alpha value is -2.24. The van der Waals surface area contributed by atoms with Crippen LogP contribution in [0.3, 0.4) is 0 Å². The number of halogens is 1. The number of carbonyl (C=O) groups is 2. The molecule has 0 aliphatic carbocycles. The highest BCUT2D eigenvalue weighted by molar-refractivity contribution is 8.18. The van der Waals surface area contributed by atoms with Gasteiger partial charge in [0.2, 0.25) is 0 Å². The smallest absolute Gasteiger partial charge is 0.290 e. The number of carbonyl (C=O) groups excluding carboxylic acids is 2. The molecule has 1 aliphatic heterocycles. The monoisotopic (exact) mass is 359 g/mol. The first-order valence-electron chi connectivity index (χ1n) is 7.32. The average molecular weight is 360 g/mol. The average Bonchev–Trinajstić information content (AvgIpc) is 2.88. The van der Waals surface area contributed by atoms with Crippen LogP contribution in [0.5, 0.6) is 5.75 Å². The van der Waals surface area contributed by atoms with Crippen LogP contribution in [0.25, 0.3) is 6.08 Å². The SMILES string of the molecule is O=C1NC(=O)C(=Cc2ccc(OCCc3ccc(Cl)cc3)cc2)S1. The van der Waals surface area contributed by atoms with Crippen LogP contribution in [-0.4, -0.2) is 17.8 Å². The molecule has 3 rings (SSSR count). The lowest BCUT2D eigenvalue weighted by Gasteiger charge is -2.07. The van der Waals surface area contributed by atoms with Gasteiger partial charge < -0.3 is 4.74 Å². The summed E-state index contributed by atoms with van der Waals surface area (Å²) in [6, 6.07) is 15.1. The summed E-state index contributed by atoms with van der Waals surface area (Å²) in [5.41, 5.74) is 2.00. The van der Waals surface area contributed by atoms with Gasteiger partial charge in [-0.25, -0.2) is 0 Å². The first-order valence-corrected chi connectivity index (χ1v) is 8.52. The number of hydrogen-bond acceptors (Lipinski definition) is 4. The third-order valence-corrected chi connectivity index (χ3v) is 4.46. The minimum absolute atomic E-state index is 0.339. The number of benzene rings is 2. The molecule has 0 aromatic heterocycles. The van der Waals surface area contributed by atoms with Gasteiger partial charge in [0.25, 0.3) is 11.1 Å². The van der Waals surface area contributed by atoms with Gasteiger partial charge in [0.05, 0.1) is 11.5 Å². The van der Waals surface area contributed by atoms with Gasteiger partial charge in [-0.3, -0.25) is 14.9 Å². The molecule has 0 atom stereocenters. The molecule has 1 heterocycles. The normalized spacial score (nSPS) is 15.6. The van der Waals surface area contributed by atoms with E-state index in [4.69, 9.17) is 16.3 Å². The van der Waals surface area contributed by atoms with Crippen LogP contribution >= 0.6 is 23.4 Å². The van der Waals surface area contributed by atoms with Crippen molar-refractivity contribution in [3.05, 3.63) is 69.6 Å². The van der Waals surface area contributed by atoms with Gasteiger partial charge in [-0.15, -0.1) is 0 Å². The fourth-order valence-corrected chi connectivity index (χ4v) is 2.98. The second-order valence-corrected chi connectivity index (χ2v) is 6.60. The molecule has 122 valence electrons. The number of ether oxygens (including phenoxy) is 1. The highest BCUT2D eigenvalue weighted by atomic mass is 35.5. The Kier molecular flexibility index (Phi) is 5.23. The van der Waals surface area contributed by atoms with E-state index in [1.54, 1.807) is 6.08 Å². The van der Waals surface area contributed by atoms with Crippen LogP contribution in [0.2, 0.25) is 5.02 Å². The Labute approximate surface area is 148 Å². The second-order valence-electron chi connectivity index (χ2n) is 5.15. The van der Waals surface area contributed by atoms with Crippen molar-refractivity contribution >= 4 is 40.6 Å². The molecule has 1 N–H and O–H groups in total. The van der Waals surface area contributed by atoms with Gasteiger partial charge in [0.15, 0.2) is 0 Å². The van der Waals surface area contributed by atoms with Crippen molar-refractivity contribution in [2.24, 2.45) is 0 Å². The summed E-state index contributed by atoms with van der Waals surface area (Å²) in [4.78, 5) is 23.0. The third-order valence-electron chi connectivity index (χ3n) is 3.39. The molecule has 1 aliphatic rings. The predicted molar refractivity (Wildman–Crippen MR) is 96.2 cm³/mol. The van der Waals surface area contributed by atoms with E-state index in [1.807, 2.05) is 48.5 Å². The van der Waals surface area contributed by atoms with Crippen molar-refractivity contribution in [1.29, 1.82) is 0 Å². The lowest BCUT2D eigenvalue weighted by Crippen LogP contribution is -2.17. The van der Waals surface area contributed by atoms with Crippen molar-refractivity contribution in [2.45, 2.75) is 6.42 Å². The van der Waals surface area contributed by atoms with E-state index in [0.717, 1.165) is 40.1 Å². The van der Waals surface area contributed by atoms with Crippen molar-refractivity contribution < 1.29 is 14.3 Å². The number of rotatable bonds is 5. The van der Waals surface area contributed by atoms with E-state index in [-0.39, 0.29) is 11.1 Å². The molecule has 6 heteroatoms. The Morgan fingerprint density at radius 3 is 2.38 bits per heavy atom. The van der Waals surface area contributed by atoms with Crippen molar-refractivity contribution in [1.82, 2.24) is 5.32 Å². The van der Waals surface area contributed by atoms with E-state index in [0.29, 0.717) is 11.5 Å². The van der Waals surface area contributed by atoms with Gasteiger partial charge in [-0.05, 0) is 53.2 Å². The summed E-state index contributed by atoms with van der Waals surface area (Å²) in [6.07, 6.45) is 2.48. The number of imide groups is 1. The molecule has 0 unspecified atom stereocenters. The van der Waals surface area contributed by atoms with E-state index in [9.17, 15) is 9.59 Å². The Morgan fingerprint density at radius 2 is 1.75 bits per heavy atom. The zero-order valence-corrected chi connectivity index (χ0v) is 14.2. The first-order chi connectivity index (χ1) is 11.6. The summed E-state index contributed by atoms with van der Waals surface area (Å²) in [5.74, 6) is 0.402. The van der Waals surface area contributed by atoms with Gasteiger partial charge in [0, 0.05) is 11.4 Å². The molecule has 0 radical (unpaired) electrons. The largest absolute Gasteiger partial charge is 0.493 e. The highest BCUT2D eigenvalue weighted by Crippen LogP contribution is 2.26. The molecular weight excluding hydrogens is 346 g/mol. The van der Waals surface area contributed by atoms with E-state index < -0.39 is 0 Å². The highest BCUT2D eigenvalue weighted by Gasteiger charge is 2.24. The fraction of sp³-hybridized carbons (Fsp3) is 0.111. The summed E-state index contributed by atoms with van der Waals surface area (Å²) in [7, 11) is 0.